The number of hydrogen-bond donors (Lipinski definition) is 1. The number of nitrogens with zero attached hydrogens (tertiary/aromatic N) is 4. The third-order valence-corrected chi connectivity index (χ3v) is 3.67. The molecule has 2 heterocycles. The largest absolute Gasteiger partial charge is 0.480 e. The third kappa shape index (κ3) is 2.93. The molecule has 0 bridgehead atoms. The number of pyridine rings is 1. The monoisotopic (exact) mass is 278 g/mol. The predicted octanol–water partition coefficient (Wildman–Crippen LogP) is 1.93. The highest BCUT2D eigenvalue weighted by Crippen LogP contribution is 2.26. The summed E-state index contributed by atoms with van der Waals surface area (Å²) >= 11 is 1.19. The fourth-order valence-corrected chi connectivity index (χ4v) is 2.43. The van der Waals surface area contributed by atoms with Crippen LogP contribution < -0.4 is 0 Å². The number of carboxylic acids is 1. The van der Waals surface area contributed by atoms with Crippen molar-refractivity contribution in [1.29, 1.82) is 0 Å². The normalized spacial score (nSPS) is 12.3. The summed E-state index contributed by atoms with van der Waals surface area (Å²) in [7, 11) is 0. The zero-order valence-corrected chi connectivity index (χ0v) is 11.5. The van der Waals surface area contributed by atoms with Crippen LogP contribution in [0, 0.1) is 0 Å². The second-order valence-corrected chi connectivity index (χ2v) is 5.19. The van der Waals surface area contributed by atoms with Crippen LogP contribution in [-0.4, -0.2) is 36.1 Å². The summed E-state index contributed by atoms with van der Waals surface area (Å²) in [6, 6.07) is 3.70. The third-order valence-electron chi connectivity index (χ3n) is 2.60. The van der Waals surface area contributed by atoms with Crippen molar-refractivity contribution in [3.63, 3.8) is 0 Å². The first-order valence-corrected chi connectivity index (χ1v) is 6.74. The Labute approximate surface area is 114 Å². The van der Waals surface area contributed by atoms with Crippen LogP contribution in [0.2, 0.25) is 0 Å². The SMILES string of the molecule is CCn1c(SC(C)C(=O)O)nnc1-c1ccncc1. The van der Waals surface area contributed by atoms with Gasteiger partial charge in [0.2, 0.25) is 0 Å². The van der Waals surface area contributed by atoms with Gasteiger partial charge in [-0.25, -0.2) is 0 Å². The Morgan fingerprint density at radius 1 is 1.42 bits per heavy atom. The van der Waals surface area contributed by atoms with Gasteiger partial charge in [0, 0.05) is 24.5 Å². The standard InChI is InChI=1S/C12H14N4O2S/c1-3-16-10(9-4-6-13-7-5-9)14-15-12(16)19-8(2)11(17)18/h4-8H,3H2,1-2H3,(H,17,18). The van der Waals surface area contributed by atoms with Crippen molar-refractivity contribution in [3.8, 4) is 11.4 Å². The molecule has 0 aliphatic carbocycles. The van der Waals surface area contributed by atoms with Crippen molar-refractivity contribution >= 4 is 17.7 Å². The van der Waals surface area contributed by atoms with Crippen LogP contribution in [0.5, 0.6) is 0 Å². The van der Waals surface area contributed by atoms with Gasteiger partial charge in [-0.15, -0.1) is 10.2 Å². The molecule has 0 amide bonds. The fourth-order valence-electron chi connectivity index (χ4n) is 1.58. The number of hydrogen-bond acceptors (Lipinski definition) is 5. The molecule has 0 spiro atoms. The maximum atomic E-state index is 10.9. The molecule has 2 aromatic heterocycles. The molecular formula is C12H14N4O2S. The molecule has 0 saturated heterocycles. The summed E-state index contributed by atoms with van der Waals surface area (Å²) in [4.78, 5) is 14.9. The van der Waals surface area contributed by atoms with E-state index in [1.165, 1.54) is 11.8 Å². The highest BCUT2D eigenvalue weighted by Gasteiger charge is 2.19. The number of rotatable bonds is 5. The van der Waals surface area contributed by atoms with Crippen molar-refractivity contribution < 1.29 is 9.90 Å². The lowest BCUT2D eigenvalue weighted by Crippen LogP contribution is -2.13. The number of carboxylic acid groups (broad SMARTS) is 1. The predicted molar refractivity (Wildman–Crippen MR) is 71.9 cm³/mol. The Morgan fingerprint density at radius 3 is 2.68 bits per heavy atom. The van der Waals surface area contributed by atoms with Crippen molar-refractivity contribution in [2.75, 3.05) is 0 Å². The van der Waals surface area contributed by atoms with Crippen LogP contribution in [0.1, 0.15) is 13.8 Å². The van der Waals surface area contributed by atoms with E-state index in [0.29, 0.717) is 11.7 Å². The zero-order chi connectivity index (χ0) is 13.8. The van der Waals surface area contributed by atoms with E-state index in [0.717, 1.165) is 11.4 Å². The molecule has 0 aliphatic rings. The second kappa shape index (κ2) is 5.83. The molecule has 2 aromatic rings. The summed E-state index contributed by atoms with van der Waals surface area (Å²) in [5.74, 6) is -0.133. The summed E-state index contributed by atoms with van der Waals surface area (Å²) in [5, 5.41) is 17.2. The van der Waals surface area contributed by atoms with E-state index in [1.54, 1.807) is 19.3 Å². The first kappa shape index (κ1) is 13.5. The molecule has 0 fully saturated rings. The van der Waals surface area contributed by atoms with Gasteiger partial charge >= 0.3 is 5.97 Å². The molecule has 0 aliphatic heterocycles. The Hall–Kier alpha value is -1.89. The van der Waals surface area contributed by atoms with Gasteiger partial charge in [0.05, 0.1) is 0 Å². The molecule has 1 atom stereocenters. The van der Waals surface area contributed by atoms with Gasteiger partial charge in [-0.05, 0) is 26.0 Å². The van der Waals surface area contributed by atoms with Gasteiger partial charge in [0.15, 0.2) is 11.0 Å². The topological polar surface area (TPSA) is 80.9 Å². The maximum absolute atomic E-state index is 10.9. The molecule has 6 nitrogen and oxygen atoms in total. The summed E-state index contributed by atoms with van der Waals surface area (Å²) < 4.78 is 1.90. The molecule has 2 rings (SSSR count). The smallest absolute Gasteiger partial charge is 0.316 e. The lowest BCUT2D eigenvalue weighted by Gasteiger charge is -2.08. The Bertz CT molecular complexity index is 570. The highest BCUT2D eigenvalue weighted by molar-refractivity contribution is 8.00. The molecular weight excluding hydrogens is 264 g/mol. The van der Waals surface area contributed by atoms with Gasteiger partial charge in [-0.2, -0.15) is 0 Å². The van der Waals surface area contributed by atoms with Crippen LogP contribution in [0.4, 0.5) is 0 Å². The summed E-state index contributed by atoms with van der Waals surface area (Å²) in [6.07, 6.45) is 3.38. The fraction of sp³-hybridized carbons (Fsp3) is 0.333. The lowest BCUT2D eigenvalue weighted by atomic mass is 10.2. The van der Waals surface area contributed by atoms with Crippen LogP contribution in [0.15, 0.2) is 29.7 Å². The average Bonchev–Trinajstić information content (AvgIpc) is 2.82. The Kier molecular flexibility index (Phi) is 4.16. The van der Waals surface area contributed by atoms with Gasteiger partial charge in [0.1, 0.15) is 5.25 Å². The van der Waals surface area contributed by atoms with E-state index in [1.807, 2.05) is 23.6 Å². The number of aliphatic carboxylic acids is 1. The molecule has 7 heteroatoms. The first-order chi connectivity index (χ1) is 9.13. The van der Waals surface area contributed by atoms with E-state index >= 15 is 0 Å². The minimum atomic E-state index is -0.860. The van der Waals surface area contributed by atoms with Gasteiger partial charge in [0.25, 0.3) is 0 Å². The van der Waals surface area contributed by atoms with E-state index < -0.39 is 11.2 Å². The lowest BCUT2D eigenvalue weighted by molar-refractivity contribution is -0.136. The second-order valence-electron chi connectivity index (χ2n) is 3.88. The van der Waals surface area contributed by atoms with Crippen LogP contribution in [0.25, 0.3) is 11.4 Å². The summed E-state index contributed by atoms with van der Waals surface area (Å²) in [5.41, 5.74) is 0.916. The van der Waals surface area contributed by atoms with Crippen molar-refractivity contribution in [2.24, 2.45) is 0 Å². The van der Waals surface area contributed by atoms with E-state index in [2.05, 4.69) is 15.2 Å². The zero-order valence-electron chi connectivity index (χ0n) is 10.6. The molecule has 19 heavy (non-hydrogen) atoms. The van der Waals surface area contributed by atoms with E-state index in [-0.39, 0.29) is 0 Å². The quantitative estimate of drug-likeness (QED) is 0.842. The molecule has 1 unspecified atom stereocenters. The first-order valence-electron chi connectivity index (χ1n) is 5.86. The Morgan fingerprint density at radius 2 is 2.11 bits per heavy atom. The Balaban J connectivity index is 2.33. The molecule has 0 aromatic carbocycles. The van der Waals surface area contributed by atoms with Crippen molar-refractivity contribution in [1.82, 2.24) is 19.7 Å². The van der Waals surface area contributed by atoms with Crippen molar-refractivity contribution in [3.05, 3.63) is 24.5 Å². The molecule has 0 saturated carbocycles. The van der Waals surface area contributed by atoms with Gasteiger partial charge in [-0.3, -0.25) is 9.78 Å². The number of aromatic nitrogens is 4. The van der Waals surface area contributed by atoms with Crippen LogP contribution >= 0.6 is 11.8 Å². The van der Waals surface area contributed by atoms with Crippen LogP contribution in [-0.2, 0) is 11.3 Å². The molecule has 1 N–H and O–H groups in total. The number of thioether (sulfide) groups is 1. The minimum absolute atomic E-state index is 0.556. The maximum Gasteiger partial charge on any atom is 0.316 e. The van der Waals surface area contributed by atoms with Gasteiger partial charge in [-0.1, -0.05) is 11.8 Å². The van der Waals surface area contributed by atoms with Crippen molar-refractivity contribution in [2.45, 2.75) is 30.8 Å². The summed E-state index contributed by atoms with van der Waals surface area (Å²) in [6.45, 7) is 4.29. The van der Waals surface area contributed by atoms with Crippen LogP contribution in [0.3, 0.4) is 0 Å². The number of carbonyl (C=O) groups is 1. The average molecular weight is 278 g/mol. The molecule has 0 radical (unpaired) electrons. The highest BCUT2D eigenvalue weighted by atomic mass is 32.2. The van der Waals surface area contributed by atoms with Gasteiger partial charge < -0.3 is 9.67 Å². The molecule has 100 valence electrons. The van der Waals surface area contributed by atoms with E-state index in [4.69, 9.17) is 5.11 Å². The van der Waals surface area contributed by atoms with E-state index in [9.17, 15) is 4.79 Å². The minimum Gasteiger partial charge on any atom is -0.480 e.